The summed E-state index contributed by atoms with van der Waals surface area (Å²) in [6.07, 6.45) is 2.94. The molecule has 3 nitrogen and oxygen atoms in total. The van der Waals surface area contributed by atoms with E-state index in [9.17, 15) is 4.79 Å². The predicted molar refractivity (Wildman–Crippen MR) is 92.2 cm³/mol. The second kappa shape index (κ2) is 7.01. The van der Waals surface area contributed by atoms with Crippen LogP contribution in [-0.4, -0.2) is 30.9 Å². The summed E-state index contributed by atoms with van der Waals surface area (Å²) in [6, 6.07) is 5.95. The van der Waals surface area contributed by atoms with Crippen molar-refractivity contribution in [3.05, 3.63) is 34.3 Å². The molecule has 1 amide bonds. The molecular formula is C18H27ClN2O. The van der Waals surface area contributed by atoms with Gasteiger partial charge >= 0.3 is 0 Å². The van der Waals surface area contributed by atoms with Gasteiger partial charge in [0.25, 0.3) is 0 Å². The number of halogens is 1. The summed E-state index contributed by atoms with van der Waals surface area (Å²) in [5, 5.41) is 3.89. The van der Waals surface area contributed by atoms with E-state index in [1.807, 2.05) is 32.9 Å². The number of hydrogen-bond acceptors (Lipinski definition) is 2. The molecule has 0 aromatic heterocycles. The van der Waals surface area contributed by atoms with Crippen molar-refractivity contribution in [2.75, 3.05) is 20.1 Å². The average molecular weight is 323 g/mol. The number of likely N-dealkylation sites (tertiary alicyclic amines) is 1. The van der Waals surface area contributed by atoms with Crippen LogP contribution in [0.1, 0.15) is 44.2 Å². The highest BCUT2D eigenvalue weighted by Crippen LogP contribution is 2.26. The van der Waals surface area contributed by atoms with Gasteiger partial charge in [-0.15, -0.1) is 0 Å². The van der Waals surface area contributed by atoms with E-state index >= 15 is 0 Å². The third-order valence-electron chi connectivity index (χ3n) is 4.41. The summed E-state index contributed by atoms with van der Waals surface area (Å²) in [7, 11) is 2.13. The van der Waals surface area contributed by atoms with Crippen LogP contribution in [0.5, 0.6) is 0 Å². The summed E-state index contributed by atoms with van der Waals surface area (Å²) in [4.78, 5) is 14.7. The maximum Gasteiger partial charge on any atom is 0.220 e. The van der Waals surface area contributed by atoms with Gasteiger partial charge in [0.15, 0.2) is 0 Å². The van der Waals surface area contributed by atoms with Crippen LogP contribution in [0.4, 0.5) is 0 Å². The number of aryl methyl sites for hydroxylation is 1. The topological polar surface area (TPSA) is 32.3 Å². The average Bonchev–Trinajstić information content (AvgIpc) is 2.36. The highest BCUT2D eigenvalue weighted by atomic mass is 35.5. The minimum Gasteiger partial charge on any atom is -0.347 e. The summed E-state index contributed by atoms with van der Waals surface area (Å²) >= 11 is 6.15. The zero-order valence-electron chi connectivity index (χ0n) is 14.1. The van der Waals surface area contributed by atoms with Crippen molar-refractivity contribution in [1.82, 2.24) is 10.2 Å². The highest BCUT2D eigenvalue weighted by molar-refractivity contribution is 6.30. The molecular weight excluding hydrogens is 296 g/mol. The summed E-state index contributed by atoms with van der Waals surface area (Å²) < 4.78 is 0. The lowest BCUT2D eigenvalue weighted by Crippen LogP contribution is -2.43. The number of piperidine rings is 1. The van der Waals surface area contributed by atoms with Crippen molar-refractivity contribution < 1.29 is 4.79 Å². The predicted octanol–water partition coefficient (Wildman–Crippen LogP) is 3.73. The Kier molecular flexibility index (Phi) is 5.51. The monoisotopic (exact) mass is 322 g/mol. The maximum atomic E-state index is 12.4. The lowest BCUT2D eigenvalue weighted by atomic mass is 9.91. The lowest BCUT2D eigenvalue weighted by Gasteiger charge is -2.31. The zero-order valence-corrected chi connectivity index (χ0v) is 14.8. The molecule has 0 saturated carbocycles. The van der Waals surface area contributed by atoms with E-state index in [1.54, 1.807) is 0 Å². The van der Waals surface area contributed by atoms with E-state index in [0.29, 0.717) is 17.4 Å². The van der Waals surface area contributed by atoms with Gasteiger partial charge in [-0.2, -0.15) is 0 Å². The molecule has 2 rings (SSSR count). The van der Waals surface area contributed by atoms with Gasteiger partial charge in [-0.25, -0.2) is 0 Å². The third kappa shape index (κ3) is 4.72. The Morgan fingerprint density at radius 3 is 2.77 bits per heavy atom. The molecule has 1 aliphatic heterocycles. The molecule has 1 aliphatic rings. The fourth-order valence-corrected chi connectivity index (χ4v) is 3.56. The minimum absolute atomic E-state index is 0.128. The standard InChI is InChI=1S/C18H27ClN2O/c1-13-8-15(11-16(19)9-13)18(2,3)20-17(22)10-14-6-5-7-21(4)12-14/h8-9,11,14H,5-7,10,12H2,1-4H3,(H,20,22)/t14-/m0/s1. The summed E-state index contributed by atoms with van der Waals surface area (Å²) in [5.74, 6) is 0.596. The maximum absolute atomic E-state index is 12.4. The van der Waals surface area contributed by atoms with Crippen LogP contribution >= 0.6 is 11.6 Å². The normalized spacial score (nSPS) is 20.0. The van der Waals surface area contributed by atoms with E-state index < -0.39 is 5.54 Å². The first-order valence-electron chi connectivity index (χ1n) is 8.03. The van der Waals surface area contributed by atoms with Gasteiger partial charge in [0.2, 0.25) is 5.91 Å². The van der Waals surface area contributed by atoms with Crippen molar-refractivity contribution in [3.8, 4) is 0 Å². The first-order valence-corrected chi connectivity index (χ1v) is 8.41. The van der Waals surface area contributed by atoms with E-state index in [-0.39, 0.29) is 5.91 Å². The van der Waals surface area contributed by atoms with Gasteiger partial charge in [-0.3, -0.25) is 4.79 Å². The van der Waals surface area contributed by atoms with Crippen LogP contribution in [0.3, 0.4) is 0 Å². The molecule has 22 heavy (non-hydrogen) atoms. The number of carbonyl (C=O) groups excluding carboxylic acids is 1. The number of rotatable bonds is 4. The number of nitrogens with one attached hydrogen (secondary N) is 1. The fraction of sp³-hybridized carbons (Fsp3) is 0.611. The van der Waals surface area contributed by atoms with E-state index in [4.69, 9.17) is 11.6 Å². The summed E-state index contributed by atoms with van der Waals surface area (Å²) in [5.41, 5.74) is 1.75. The molecule has 1 aromatic carbocycles. The van der Waals surface area contributed by atoms with Crippen molar-refractivity contribution in [2.24, 2.45) is 5.92 Å². The van der Waals surface area contributed by atoms with Gasteiger partial charge in [-0.05, 0) is 76.4 Å². The molecule has 0 aliphatic carbocycles. The molecule has 1 heterocycles. The molecule has 0 unspecified atom stereocenters. The van der Waals surface area contributed by atoms with E-state index in [2.05, 4.69) is 23.3 Å². The van der Waals surface area contributed by atoms with Crippen LogP contribution in [0.25, 0.3) is 0 Å². The number of carbonyl (C=O) groups is 1. The van der Waals surface area contributed by atoms with Crippen molar-refractivity contribution in [1.29, 1.82) is 0 Å². The number of hydrogen-bond donors (Lipinski definition) is 1. The van der Waals surface area contributed by atoms with Gasteiger partial charge in [-0.1, -0.05) is 17.7 Å². The Morgan fingerprint density at radius 2 is 2.14 bits per heavy atom. The Bertz CT molecular complexity index is 522. The summed E-state index contributed by atoms with van der Waals surface area (Å²) in [6.45, 7) is 8.24. The Hall–Kier alpha value is -1.06. The molecule has 1 fully saturated rings. The molecule has 1 aromatic rings. The Labute approximate surface area is 139 Å². The highest BCUT2D eigenvalue weighted by Gasteiger charge is 2.26. The second-order valence-corrected chi connectivity index (χ2v) is 7.60. The zero-order chi connectivity index (χ0) is 16.3. The van der Waals surface area contributed by atoms with Gasteiger partial charge in [0, 0.05) is 18.0 Å². The molecule has 1 N–H and O–H groups in total. The molecule has 0 radical (unpaired) electrons. The van der Waals surface area contributed by atoms with Crippen LogP contribution < -0.4 is 5.32 Å². The second-order valence-electron chi connectivity index (χ2n) is 7.17. The van der Waals surface area contributed by atoms with Crippen LogP contribution in [0.15, 0.2) is 18.2 Å². The molecule has 0 bridgehead atoms. The smallest absolute Gasteiger partial charge is 0.220 e. The molecule has 0 spiro atoms. The van der Waals surface area contributed by atoms with Gasteiger partial charge in [0.1, 0.15) is 0 Å². The number of nitrogens with zero attached hydrogens (tertiary/aromatic N) is 1. The first kappa shape index (κ1) is 17.3. The Balaban J connectivity index is 1.99. The SMILES string of the molecule is Cc1cc(Cl)cc(C(C)(C)NC(=O)C[C@@H]2CCCN(C)C2)c1. The molecule has 122 valence electrons. The van der Waals surface area contributed by atoms with E-state index in [1.165, 1.54) is 6.42 Å². The quantitative estimate of drug-likeness (QED) is 0.916. The van der Waals surface area contributed by atoms with Gasteiger partial charge in [0.05, 0.1) is 5.54 Å². The molecule has 1 atom stereocenters. The minimum atomic E-state index is -0.409. The van der Waals surface area contributed by atoms with Gasteiger partial charge < -0.3 is 10.2 Å². The molecule has 4 heteroatoms. The number of amides is 1. The van der Waals surface area contributed by atoms with Crippen molar-refractivity contribution in [2.45, 2.75) is 45.6 Å². The van der Waals surface area contributed by atoms with Crippen molar-refractivity contribution >= 4 is 17.5 Å². The first-order chi connectivity index (χ1) is 10.3. The Morgan fingerprint density at radius 1 is 1.41 bits per heavy atom. The largest absolute Gasteiger partial charge is 0.347 e. The fourth-order valence-electron chi connectivity index (χ4n) is 3.27. The lowest BCUT2D eigenvalue weighted by molar-refractivity contribution is -0.124. The number of benzene rings is 1. The van der Waals surface area contributed by atoms with Crippen LogP contribution in [-0.2, 0) is 10.3 Å². The third-order valence-corrected chi connectivity index (χ3v) is 4.63. The van der Waals surface area contributed by atoms with E-state index in [0.717, 1.165) is 30.6 Å². The van der Waals surface area contributed by atoms with Crippen LogP contribution in [0, 0.1) is 12.8 Å². The van der Waals surface area contributed by atoms with Crippen LogP contribution in [0.2, 0.25) is 5.02 Å². The molecule has 1 saturated heterocycles. The van der Waals surface area contributed by atoms with Crippen molar-refractivity contribution in [3.63, 3.8) is 0 Å².